The Morgan fingerprint density at radius 2 is 1.44 bits per heavy atom. The maximum Gasteiger partial charge on any atom is 0.457 e. The van der Waals surface area contributed by atoms with Crippen molar-refractivity contribution in [3.8, 4) is 11.8 Å². The van der Waals surface area contributed by atoms with Crippen LogP contribution in [0.4, 0.5) is 17.6 Å². The lowest BCUT2D eigenvalue weighted by Crippen LogP contribution is -2.23. The fourth-order valence-electron chi connectivity index (χ4n) is 0.912. The molecule has 0 aromatic heterocycles. The molecule has 0 bridgehead atoms. The molecule has 0 amide bonds. The highest BCUT2D eigenvalue weighted by Gasteiger charge is 2.28. The summed E-state index contributed by atoms with van der Waals surface area (Å²) < 4.78 is 47.6. The van der Waals surface area contributed by atoms with Gasteiger partial charge in [0, 0.05) is 11.5 Å². The molecule has 0 radical (unpaired) electrons. The van der Waals surface area contributed by atoms with Crippen molar-refractivity contribution in [3.63, 3.8) is 0 Å². The van der Waals surface area contributed by atoms with E-state index in [1.165, 1.54) is 5.92 Å². The molecule has 0 atom stereocenters. The molecule has 2 nitrogen and oxygen atoms in total. The fraction of sp³-hybridized carbons (Fsp3) is 0.200. The third-order valence-electron chi connectivity index (χ3n) is 1.63. The van der Waals surface area contributed by atoms with Crippen LogP contribution in [0.2, 0.25) is 0 Å². The second kappa shape index (κ2) is 4.12. The standard InChI is InChI=1S/C10H6F4O2/c11-8-3-1-7(2-4-8)9(15,16)5-6-10(12,13)14/h1-4,15-16H. The molecule has 86 valence electrons. The normalized spacial score (nSPS) is 11.9. The quantitative estimate of drug-likeness (QED) is 0.439. The van der Waals surface area contributed by atoms with E-state index in [-0.39, 0.29) is 5.56 Å². The van der Waals surface area contributed by atoms with E-state index >= 15 is 0 Å². The number of benzene rings is 1. The van der Waals surface area contributed by atoms with Crippen LogP contribution in [0, 0.1) is 17.7 Å². The molecule has 0 aliphatic heterocycles. The minimum atomic E-state index is -4.82. The Labute approximate surface area is 88.1 Å². The van der Waals surface area contributed by atoms with Crippen molar-refractivity contribution in [1.29, 1.82) is 0 Å². The molecule has 6 heteroatoms. The van der Waals surface area contributed by atoms with E-state index in [0.717, 1.165) is 30.2 Å². The summed E-state index contributed by atoms with van der Waals surface area (Å²) >= 11 is 0. The highest BCUT2D eigenvalue weighted by molar-refractivity contribution is 5.29. The fourth-order valence-corrected chi connectivity index (χ4v) is 0.912. The first kappa shape index (κ1) is 12.5. The third kappa shape index (κ3) is 3.53. The molecule has 1 rings (SSSR count). The lowest BCUT2D eigenvalue weighted by Gasteiger charge is -2.14. The van der Waals surface area contributed by atoms with Crippen molar-refractivity contribution in [3.05, 3.63) is 35.6 Å². The van der Waals surface area contributed by atoms with Gasteiger partial charge in [-0.15, -0.1) is 0 Å². The first-order valence-electron chi connectivity index (χ1n) is 4.02. The Morgan fingerprint density at radius 1 is 0.938 bits per heavy atom. The summed E-state index contributed by atoms with van der Waals surface area (Å²) in [5.74, 6) is -1.62. The van der Waals surface area contributed by atoms with E-state index in [9.17, 15) is 27.8 Å². The average Bonchev–Trinajstić information content (AvgIpc) is 2.15. The highest BCUT2D eigenvalue weighted by atomic mass is 19.4. The smallest absolute Gasteiger partial charge is 0.352 e. The monoisotopic (exact) mass is 234 g/mol. The van der Waals surface area contributed by atoms with Gasteiger partial charge in [-0.05, 0) is 30.2 Å². The zero-order valence-corrected chi connectivity index (χ0v) is 7.72. The summed E-state index contributed by atoms with van der Waals surface area (Å²) in [5.41, 5.74) is -0.342. The Morgan fingerprint density at radius 3 is 1.88 bits per heavy atom. The van der Waals surface area contributed by atoms with Crippen molar-refractivity contribution in [2.24, 2.45) is 0 Å². The van der Waals surface area contributed by atoms with Crippen molar-refractivity contribution < 1.29 is 27.8 Å². The number of hydrogen-bond donors (Lipinski definition) is 2. The summed E-state index contributed by atoms with van der Waals surface area (Å²) in [6.45, 7) is 0. The molecule has 0 unspecified atom stereocenters. The van der Waals surface area contributed by atoms with Crippen LogP contribution in [0.15, 0.2) is 24.3 Å². The van der Waals surface area contributed by atoms with Crippen LogP contribution < -0.4 is 0 Å². The SMILES string of the molecule is OC(O)(C#CC(F)(F)F)c1ccc(F)cc1. The van der Waals surface area contributed by atoms with Crippen LogP contribution in [0.3, 0.4) is 0 Å². The highest BCUT2D eigenvalue weighted by Crippen LogP contribution is 2.19. The molecule has 1 aromatic carbocycles. The molecule has 0 heterocycles. The molecule has 0 saturated carbocycles. The van der Waals surface area contributed by atoms with Gasteiger partial charge in [-0.2, -0.15) is 13.2 Å². The minimum absolute atomic E-state index is 0.342. The summed E-state index contributed by atoms with van der Waals surface area (Å²) in [6.07, 6.45) is -4.82. The molecule has 0 aliphatic rings. The van der Waals surface area contributed by atoms with Crippen molar-refractivity contribution in [2.75, 3.05) is 0 Å². The van der Waals surface area contributed by atoms with Crippen molar-refractivity contribution in [2.45, 2.75) is 12.0 Å². The van der Waals surface area contributed by atoms with Crippen LogP contribution in [0.25, 0.3) is 0 Å². The van der Waals surface area contributed by atoms with Gasteiger partial charge < -0.3 is 10.2 Å². The van der Waals surface area contributed by atoms with Crippen LogP contribution in [0.5, 0.6) is 0 Å². The van der Waals surface area contributed by atoms with Gasteiger partial charge in [-0.25, -0.2) is 4.39 Å². The number of hydrogen-bond acceptors (Lipinski definition) is 2. The predicted octanol–water partition coefficient (Wildman–Crippen LogP) is 1.53. The summed E-state index contributed by atoms with van der Waals surface area (Å²) in [5, 5.41) is 18.4. The Bertz CT molecular complexity index is 423. The van der Waals surface area contributed by atoms with Gasteiger partial charge in [0.2, 0.25) is 0 Å². The lowest BCUT2D eigenvalue weighted by atomic mass is 10.1. The second-order valence-corrected chi connectivity index (χ2v) is 2.93. The summed E-state index contributed by atoms with van der Waals surface area (Å²) in [6, 6.07) is 3.62. The van der Waals surface area contributed by atoms with Crippen molar-refractivity contribution >= 4 is 0 Å². The largest absolute Gasteiger partial charge is 0.457 e. The van der Waals surface area contributed by atoms with Gasteiger partial charge in [-0.1, -0.05) is 0 Å². The van der Waals surface area contributed by atoms with E-state index in [1.807, 2.05) is 0 Å². The van der Waals surface area contributed by atoms with E-state index < -0.39 is 17.8 Å². The lowest BCUT2D eigenvalue weighted by molar-refractivity contribution is -0.118. The van der Waals surface area contributed by atoms with Gasteiger partial charge in [0.05, 0.1) is 0 Å². The number of alkyl halides is 3. The zero-order valence-electron chi connectivity index (χ0n) is 7.72. The first-order chi connectivity index (χ1) is 7.21. The summed E-state index contributed by atoms with van der Waals surface area (Å²) in [7, 11) is 0. The van der Waals surface area contributed by atoms with Gasteiger partial charge in [0.25, 0.3) is 5.79 Å². The maximum absolute atomic E-state index is 12.5. The number of aliphatic hydroxyl groups is 2. The summed E-state index contributed by atoms with van der Waals surface area (Å²) in [4.78, 5) is 0. The van der Waals surface area contributed by atoms with Gasteiger partial charge in [0.1, 0.15) is 5.82 Å². The average molecular weight is 234 g/mol. The molecule has 1 aromatic rings. The molecule has 0 fully saturated rings. The van der Waals surface area contributed by atoms with Crippen LogP contribution in [-0.2, 0) is 5.79 Å². The molecule has 0 spiro atoms. The molecule has 0 aliphatic carbocycles. The molecular weight excluding hydrogens is 228 g/mol. The Kier molecular flexibility index (Phi) is 3.21. The van der Waals surface area contributed by atoms with Crippen molar-refractivity contribution in [1.82, 2.24) is 0 Å². The third-order valence-corrected chi connectivity index (χ3v) is 1.63. The number of rotatable bonds is 1. The van der Waals surface area contributed by atoms with Crippen LogP contribution >= 0.6 is 0 Å². The Balaban J connectivity index is 3.01. The van der Waals surface area contributed by atoms with E-state index in [1.54, 1.807) is 0 Å². The minimum Gasteiger partial charge on any atom is -0.352 e. The topological polar surface area (TPSA) is 40.5 Å². The van der Waals surface area contributed by atoms with E-state index in [2.05, 4.69) is 0 Å². The predicted molar refractivity (Wildman–Crippen MR) is 46.3 cm³/mol. The maximum atomic E-state index is 12.5. The Hall–Kier alpha value is -1.58. The van der Waals surface area contributed by atoms with Gasteiger partial charge in [0.15, 0.2) is 0 Å². The molecule has 0 saturated heterocycles. The first-order valence-corrected chi connectivity index (χ1v) is 4.02. The van der Waals surface area contributed by atoms with Crippen LogP contribution in [-0.4, -0.2) is 16.4 Å². The van der Waals surface area contributed by atoms with E-state index in [0.29, 0.717) is 0 Å². The second-order valence-electron chi connectivity index (χ2n) is 2.93. The molecular formula is C10H6F4O2. The van der Waals surface area contributed by atoms with Gasteiger partial charge >= 0.3 is 6.18 Å². The molecule has 16 heavy (non-hydrogen) atoms. The van der Waals surface area contributed by atoms with E-state index in [4.69, 9.17) is 0 Å². The van der Waals surface area contributed by atoms with Crippen LogP contribution in [0.1, 0.15) is 5.56 Å². The number of halogens is 4. The molecule has 2 N–H and O–H groups in total. The van der Waals surface area contributed by atoms with Gasteiger partial charge in [-0.3, -0.25) is 0 Å². The zero-order chi connectivity index (χ0) is 12.4.